The topological polar surface area (TPSA) is 47.1 Å². The van der Waals surface area contributed by atoms with E-state index in [4.69, 9.17) is 5.73 Å². The van der Waals surface area contributed by atoms with Crippen LogP contribution >= 0.6 is 0 Å². The van der Waals surface area contributed by atoms with Crippen molar-refractivity contribution in [2.75, 3.05) is 13.1 Å². The van der Waals surface area contributed by atoms with Crippen LogP contribution in [0.5, 0.6) is 0 Å². The molecule has 0 saturated heterocycles. The van der Waals surface area contributed by atoms with E-state index in [1.807, 2.05) is 10.7 Å². The molecule has 1 heterocycles. The van der Waals surface area contributed by atoms with Crippen molar-refractivity contribution in [2.24, 2.45) is 5.73 Å². The standard InChI is InChI=1S/C17H26N4/c1-14(2)21-13-17(15(3)19-21)12-20(10-9-18)11-16-7-5-4-6-8-16/h4-8,13-14H,9-12,18H2,1-3H3. The van der Waals surface area contributed by atoms with Gasteiger partial charge in [0.05, 0.1) is 5.69 Å². The van der Waals surface area contributed by atoms with Gasteiger partial charge in [0.1, 0.15) is 0 Å². The van der Waals surface area contributed by atoms with Gasteiger partial charge in [0, 0.05) is 44.0 Å². The van der Waals surface area contributed by atoms with Crippen molar-refractivity contribution in [3.05, 3.63) is 53.3 Å². The maximum atomic E-state index is 5.77. The molecule has 2 N–H and O–H groups in total. The largest absolute Gasteiger partial charge is 0.329 e. The van der Waals surface area contributed by atoms with E-state index >= 15 is 0 Å². The summed E-state index contributed by atoms with van der Waals surface area (Å²) < 4.78 is 2.04. The number of rotatable bonds is 7. The number of aromatic nitrogens is 2. The zero-order chi connectivity index (χ0) is 15.2. The quantitative estimate of drug-likeness (QED) is 0.851. The molecule has 4 heteroatoms. The van der Waals surface area contributed by atoms with Gasteiger partial charge in [0.2, 0.25) is 0 Å². The third kappa shape index (κ3) is 4.41. The zero-order valence-electron chi connectivity index (χ0n) is 13.3. The summed E-state index contributed by atoms with van der Waals surface area (Å²) in [6.07, 6.45) is 2.16. The lowest BCUT2D eigenvalue weighted by molar-refractivity contribution is 0.264. The van der Waals surface area contributed by atoms with Gasteiger partial charge in [-0.05, 0) is 26.3 Å². The van der Waals surface area contributed by atoms with Gasteiger partial charge < -0.3 is 5.73 Å². The van der Waals surface area contributed by atoms with Crippen LogP contribution in [0.15, 0.2) is 36.5 Å². The van der Waals surface area contributed by atoms with Crippen molar-refractivity contribution in [2.45, 2.75) is 39.9 Å². The van der Waals surface area contributed by atoms with Gasteiger partial charge in [-0.2, -0.15) is 5.10 Å². The van der Waals surface area contributed by atoms with Crippen LogP contribution in [-0.4, -0.2) is 27.8 Å². The van der Waals surface area contributed by atoms with Crippen LogP contribution < -0.4 is 5.73 Å². The highest BCUT2D eigenvalue weighted by molar-refractivity contribution is 5.17. The van der Waals surface area contributed by atoms with E-state index in [1.165, 1.54) is 11.1 Å². The zero-order valence-corrected chi connectivity index (χ0v) is 13.3. The Kier molecular flexibility index (Phi) is 5.53. The molecule has 0 saturated carbocycles. The molecule has 0 aliphatic heterocycles. The van der Waals surface area contributed by atoms with E-state index in [0.29, 0.717) is 12.6 Å². The number of aryl methyl sites for hydroxylation is 1. The van der Waals surface area contributed by atoms with Crippen molar-refractivity contribution in [3.63, 3.8) is 0 Å². The van der Waals surface area contributed by atoms with E-state index in [-0.39, 0.29) is 0 Å². The first kappa shape index (κ1) is 15.7. The number of hydrogen-bond acceptors (Lipinski definition) is 3. The molecular weight excluding hydrogens is 260 g/mol. The fourth-order valence-electron chi connectivity index (χ4n) is 2.42. The first-order valence-corrected chi connectivity index (χ1v) is 7.61. The van der Waals surface area contributed by atoms with Crippen LogP contribution in [-0.2, 0) is 13.1 Å². The third-order valence-corrected chi connectivity index (χ3v) is 3.64. The molecule has 0 fully saturated rings. The van der Waals surface area contributed by atoms with Gasteiger partial charge >= 0.3 is 0 Å². The molecule has 0 unspecified atom stereocenters. The average Bonchev–Trinajstić information content (AvgIpc) is 2.82. The maximum absolute atomic E-state index is 5.77. The lowest BCUT2D eigenvalue weighted by atomic mass is 10.2. The van der Waals surface area contributed by atoms with E-state index in [0.717, 1.165) is 25.3 Å². The summed E-state index contributed by atoms with van der Waals surface area (Å²) >= 11 is 0. The number of nitrogens with two attached hydrogens (primary N) is 1. The highest BCUT2D eigenvalue weighted by atomic mass is 15.3. The molecule has 0 radical (unpaired) electrons. The Hall–Kier alpha value is -1.65. The van der Waals surface area contributed by atoms with Crippen LogP contribution in [0, 0.1) is 6.92 Å². The smallest absolute Gasteiger partial charge is 0.0638 e. The second-order valence-corrected chi connectivity index (χ2v) is 5.80. The summed E-state index contributed by atoms with van der Waals surface area (Å²) in [5.41, 5.74) is 9.48. The van der Waals surface area contributed by atoms with E-state index in [2.05, 4.69) is 61.2 Å². The Morgan fingerprint density at radius 2 is 1.90 bits per heavy atom. The first-order valence-electron chi connectivity index (χ1n) is 7.61. The van der Waals surface area contributed by atoms with Crippen molar-refractivity contribution < 1.29 is 0 Å². The Morgan fingerprint density at radius 3 is 2.48 bits per heavy atom. The first-order chi connectivity index (χ1) is 10.1. The molecule has 2 aromatic rings. The molecule has 0 aliphatic carbocycles. The van der Waals surface area contributed by atoms with Gasteiger partial charge in [0.25, 0.3) is 0 Å². The van der Waals surface area contributed by atoms with Crippen LogP contribution in [0.2, 0.25) is 0 Å². The molecule has 0 aliphatic rings. The Labute approximate surface area is 127 Å². The van der Waals surface area contributed by atoms with Crippen LogP contribution in [0.3, 0.4) is 0 Å². The molecule has 114 valence electrons. The van der Waals surface area contributed by atoms with Gasteiger partial charge in [-0.3, -0.25) is 9.58 Å². The van der Waals surface area contributed by atoms with E-state index < -0.39 is 0 Å². The summed E-state index contributed by atoms with van der Waals surface area (Å²) in [7, 11) is 0. The average molecular weight is 286 g/mol. The second kappa shape index (κ2) is 7.38. The normalized spacial score (nSPS) is 11.5. The summed E-state index contributed by atoms with van der Waals surface area (Å²) in [5, 5.41) is 4.59. The molecule has 1 aromatic heterocycles. The second-order valence-electron chi connectivity index (χ2n) is 5.80. The molecule has 0 bridgehead atoms. The minimum Gasteiger partial charge on any atom is -0.329 e. The van der Waals surface area contributed by atoms with Crippen molar-refractivity contribution in [1.82, 2.24) is 14.7 Å². The molecular formula is C17H26N4. The third-order valence-electron chi connectivity index (χ3n) is 3.64. The highest BCUT2D eigenvalue weighted by Crippen LogP contribution is 2.14. The minimum atomic E-state index is 0.398. The Morgan fingerprint density at radius 1 is 1.19 bits per heavy atom. The predicted octanol–water partition coefficient (Wildman–Crippen LogP) is 2.73. The van der Waals surface area contributed by atoms with Gasteiger partial charge in [0.15, 0.2) is 0 Å². The number of nitrogens with zero attached hydrogens (tertiary/aromatic N) is 3. The van der Waals surface area contributed by atoms with Crippen molar-refractivity contribution in [3.8, 4) is 0 Å². The van der Waals surface area contributed by atoms with Crippen molar-refractivity contribution in [1.29, 1.82) is 0 Å². The molecule has 0 spiro atoms. The number of hydrogen-bond donors (Lipinski definition) is 1. The van der Waals surface area contributed by atoms with Crippen LogP contribution in [0.1, 0.15) is 36.7 Å². The van der Waals surface area contributed by atoms with Crippen molar-refractivity contribution >= 4 is 0 Å². The van der Waals surface area contributed by atoms with Gasteiger partial charge in [-0.25, -0.2) is 0 Å². The minimum absolute atomic E-state index is 0.398. The monoisotopic (exact) mass is 286 g/mol. The highest BCUT2D eigenvalue weighted by Gasteiger charge is 2.12. The van der Waals surface area contributed by atoms with Crippen LogP contribution in [0.25, 0.3) is 0 Å². The molecule has 21 heavy (non-hydrogen) atoms. The summed E-state index contributed by atoms with van der Waals surface area (Å²) in [5.74, 6) is 0. The fraction of sp³-hybridized carbons (Fsp3) is 0.471. The SMILES string of the molecule is Cc1nn(C(C)C)cc1CN(CCN)Cc1ccccc1. The van der Waals surface area contributed by atoms with E-state index in [9.17, 15) is 0 Å². The maximum Gasteiger partial charge on any atom is 0.0638 e. The summed E-state index contributed by atoms with van der Waals surface area (Å²) in [6.45, 7) is 9.76. The molecule has 2 rings (SSSR count). The Bertz CT molecular complexity index is 545. The predicted molar refractivity (Wildman–Crippen MR) is 87.0 cm³/mol. The summed E-state index contributed by atoms with van der Waals surface area (Å²) in [6, 6.07) is 10.9. The number of benzene rings is 1. The lowest BCUT2D eigenvalue weighted by Crippen LogP contribution is -2.28. The Balaban J connectivity index is 2.09. The summed E-state index contributed by atoms with van der Waals surface area (Å²) in [4.78, 5) is 2.38. The molecule has 4 nitrogen and oxygen atoms in total. The molecule has 1 aromatic carbocycles. The fourth-order valence-corrected chi connectivity index (χ4v) is 2.42. The molecule has 0 atom stereocenters. The van der Waals surface area contributed by atoms with Crippen LogP contribution in [0.4, 0.5) is 0 Å². The lowest BCUT2D eigenvalue weighted by Gasteiger charge is -2.21. The van der Waals surface area contributed by atoms with Gasteiger partial charge in [-0.15, -0.1) is 0 Å². The molecule has 0 amide bonds. The van der Waals surface area contributed by atoms with Gasteiger partial charge in [-0.1, -0.05) is 30.3 Å². The van der Waals surface area contributed by atoms with E-state index in [1.54, 1.807) is 0 Å².